The lowest BCUT2D eigenvalue weighted by atomic mass is 9.53. The van der Waals surface area contributed by atoms with Gasteiger partial charge in [-0.25, -0.2) is 8.42 Å². The van der Waals surface area contributed by atoms with Crippen LogP contribution in [0.25, 0.3) is 0 Å². The molecule has 2 aromatic carbocycles. The first-order valence-electron chi connectivity index (χ1n) is 12.3. The van der Waals surface area contributed by atoms with Crippen LogP contribution in [0.4, 0.5) is 11.4 Å². The van der Waals surface area contributed by atoms with Crippen LogP contribution in [-0.4, -0.2) is 31.4 Å². The van der Waals surface area contributed by atoms with E-state index < -0.39 is 21.5 Å². The third-order valence-electron chi connectivity index (χ3n) is 7.75. The van der Waals surface area contributed by atoms with Gasteiger partial charge in [-0.15, -0.1) is 0 Å². The zero-order valence-electron chi connectivity index (χ0n) is 19.1. The summed E-state index contributed by atoms with van der Waals surface area (Å²) in [6.45, 7) is 0. The minimum atomic E-state index is -3.46. The molecule has 4 aliphatic carbocycles. The van der Waals surface area contributed by atoms with E-state index in [1.54, 1.807) is 0 Å². The zero-order valence-corrected chi connectivity index (χ0v) is 19.9. The van der Waals surface area contributed by atoms with Crippen LogP contribution in [-0.2, 0) is 21.1 Å². The van der Waals surface area contributed by atoms with E-state index in [9.17, 15) is 13.2 Å². The average Bonchev–Trinajstić information content (AvgIpc) is 2.74. The monoisotopic (exact) mass is 466 g/mol. The lowest BCUT2D eigenvalue weighted by Crippen LogP contribution is -2.54. The highest BCUT2D eigenvalue weighted by molar-refractivity contribution is 7.92. The van der Waals surface area contributed by atoms with Crippen LogP contribution < -0.4 is 10.6 Å². The Morgan fingerprint density at radius 2 is 1.42 bits per heavy atom. The molecule has 4 aliphatic rings. The SMILES string of the molecule is O=C(CS(=O)(=O)CCCc1ccccc1)Nc1ccccc1NC12CC3CC(CC(C3)C1)C2. The van der Waals surface area contributed by atoms with E-state index in [-0.39, 0.29) is 11.3 Å². The van der Waals surface area contributed by atoms with E-state index in [1.807, 2.05) is 54.6 Å². The van der Waals surface area contributed by atoms with Gasteiger partial charge in [-0.3, -0.25) is 4.79 Å². The van der Waals surface area contributed by atoms with Crippen molar-refractivity contribution in [3.63, 3.8) is 0 Å². The number of para-hydroxylation sites is 2. The molecule has 2 N–H and O–H groups in total. The Labute approximate surface area is 197 Å². The Balaban J connectivity index is 1.19. The van der Waals surface area contributed by atoms with Gasteiger partial charge < -0.3 is 10.6 Å². The van der Waals surface area contributed by atoms with Crippen molar-refractivity contribution in [2.45, 2.75) is 56.9 Å². The molecule has 0 aromatic heterocycles. The molecule has 0 heterocycles. The minimum Gasteiger partial charge on any atom is -0.378 e. The number of rotatable bonds is 9. The quantitative estimate of drug-likeness (QED) is 0.542. The smallest absolute Gasteiger partial charge is 0.239 e. The van der Waals surface area contributed by atoms with Gasteiger partial charge in [0.25, 0.3) is 0 Å². The summed E-state index contributed by atoms with van der Waals surface area (Å²) >= 11 is 0. The standard InChI is InChI=1S/C27H34N2O3S/c30-26(19-33(31,32)12-6-9-20-7-2-1-3-8-20)28-24-10-4-5-11-25(24)29-27-16-21-13-22(17-27)15-23(14-21)18-27/h1-5,7-8,10-11,21-23,29H,6,9,12-19H2,(H,28,30). The minimum absolute atomic E-state index is 0.0164. The van der Waals surface area contributed by atoms with Crippen LogP contribution in [0, 0.1) is 17.8 Å². The number of sulfone groups is 1. The van der Waals surface area contributed by atoms with Gasteiger partial charge in [0.15, 0.2) is 9.84 Å². The van der Waals surface area contributed by atoms with E-state index in [4.69, 9.17) is 0 Å². The molecule has 0 atom stereocenters. The van der Waals surface area contributed by atoms with Gasteiger partial charge in [-0.1, -0.05) is 42.5 Å². The van der Waals surface area contributed by atoms with Crippen LogP contribution in [0.5, 0.6) is 0 Å². The number of aryl methyl sites for hydroxylation is 1. The van der Waals surface area contributed by atoms with Crippen molar-refractivity contribution in [1.29, 1.82) is 0 Å². The molecule has 4 fully saturated rings. The number of amides is 1. The molecular weight excluding hydrogens is 432 g/mol. The van der Waals surface area contributed by atoms with Crippen LogP contribution in [0.15, 0.2) is 54.6 Å². The first kappa shape index (κ1) is 22.5. The molecule has 0 spiro atoms. The molecule has 4 saturated carbocycles. The number of carbonyl (C=O) groups is 1. The molecule has 0 aliphatic heterocycles. The summed E-state index contributed by atoms with van der Waals surface area (Å²) in [6.07, 6.45) is 8.96. The molecule has 6 heteroatoms. The summed E-state index contributed by atoms with van der Waals surface area (Å²) in [4.78, 5) is 12.7. The fourth-order valence-corrected chi connectivity index (χ4v) is 8.05. The molecule has 0 saturated heterocycles. The lowest BCUT2D eigenvalue weighted by Gasteiger charge is -2.57. The zero-order chi connectivity index (χ0) is 22.9. The van der Waals surface area contributed by atoms with Crippen LogP contribution in [0.1, 0.15) is 50.5 Å². The van der Waals surface area contributed by atoms with Crippen molar-refractivity contribution in [2.24, 2.45) is 17.8 Å². The third kappa shape index (κ3) is 5.43. The summed E-state index contributed by atoms with van der Waals surface area (Å²) in [5, 5.41) is 6.69. The number of hydrogen-bond acceptors (Lipinski definition) is 4. The number of hydrogen-bond donors (Lipinski definition) is 2. The van der Waals surface area contributed by atoms with Crippen molar-refractivity contribution < 1.29 is 13.2 Å². The van der Waals surface area contributed by atoms with Crippen LogP contribution in [0.3, 0.4) is 0 Å². The Morgan fingerprint density at radius 1 is 0.848 bits per heavy atom. The highest BCUT2D eigenvalue weighted by Gasteiger charge is 2.51. The molecule has 0 radical (unpaired) electrons. The fourth-order valence-electron chi connectivity index (χ4n) is 6.85. The first-order chi connectivity index (χ1) is 15.9. The third-order valence-corrected chi connectivity index (χ3v) is 9.37. The number of benzene rings is 2. The average molecular weight is 467 g/mol. The van der Waals surface area contributed by atoms with Crippen molar-refractivity contribution in [1.82, 2.24) is 0 Å². The second kappa shape index (κ2) is 9.13. The number of carbonyl (C=O) groups excluding carboxylic acids is 1. The number of anilines is 2. The van der Waals surface area contributed by atoms with E-state index in [0.717, 1.165) is 29.0 Å². The molecule has 4 bridgehead atoms. The molecular formula is C27H34N2O3S. The second-order valence-corrected chi connectivity index (χ2v) is 12.8. The predicted molar refractivity (Wildman–Crippen MR) is 133 cm³/mol. The van der Waals surface area contributed by atoms with Crippen molar-refractivity contribution in [3.8, 4) is 0 Å². The molecule has 176 valence electrons. The molecule has 2 aromatic rings. The Kier molecular flexibility index (Phi) is 6.21. The maximum absolute atomic E-state index is 12.7. The molecule has 5 nitrogen and oxygen atoms in total. The van der Waals surface area contributed by atoms with Crippen LogP contribution >= 0.6 is 0 Å². The van der Waals surface area contributed by atoms with Gasteiger partial charge in [0.05, 0.1) is 17.1 Å². The fraction of sp³-hybridized carbons (Fsp3) is 0.519. The Morgan fingerprint density at radius 3 is 2.06 bits per heavy atom. The molecule has 0 unspecified atom stereocenters. The maximum atomic E-state index is 12.7. The molecule has 1 amide bonds. The van der Waals surface area contributed by atoms with E-state index >= 15 is 0 Å². The highest BCUT2D eigenvalue weighted by atomic mass is 32.2. The number of nitrogens with one attached hydrogen (secondary N) is 2. The van der Waals surface area contributed by atoms with Crippen molar-refractivity contribution >= 4 is 27.1 Å². The second-order valence-electron chi connectivity index (χ2n) is 10.6. The van der Waals surface area contributed by atoms with E-state index in [0.29, 0.717) is 18.5 Å². The van der Waals surface area contributed by atoms with Crippen LogP contribution in [0.2, 0.25) is 0 Å². The highest BCUT2D eigenvalue weighted by Crippen LogP contribution is 2.56. The van der Waals surface area contributed by atoms with E-state index in [1.165, 1.54) is 38.5 Å². The van der Waals surface area contributed by atoms with Gasteiger partial charge in [0.2, 0.25) is 5.91 Å². The summed E-state index contributed by atoms with van der Waals surface area (Å²) in [5.41, 5.74) is 2.83. The van der Waals surface area contributed by atoms with Crippen molar-refractivity contribution in [2.75, 3.05) is 22.1 Å². The summed E-state index contributed by atoms with van der Waals surface area (Å²) < 4.78 is 25.1. The molecule has 6 rings (SSSR count). The van der Waals surface area contributed by atoms with Gasteiger partial charge >= 0.3 is 0 Å². The normalized spacial score (nSPS) is 27.9. The first-order valence-corrected chi connectivity index (χ1v) is 14.1. The van der Waals surface area contributed by atoms with Gasteiger partial charge in [-0.2, -0.15) is 0 Å². The largest absolute Gasteiger partial charge is 0.378 e. The summed E-state index contributed by atoms with van der Waals surface area (Å²) in [7, 11) is -3.46. The Bertz CT molecular complexity index is 1060. The van der Waals surface area contributed by atoms with Gasteiger partial charge in [0, 0.05) is 5.54 Å². The van der Waals surface area contributed by atoms with Gasteiger partial charge in [-0.05, 0) is 86.8 Å². The maximum Gasteiger partial charge on any atom is 0.239 e. The predicted octanol–water partition coefficient (Wildman–Crippen LogP) is 5.05. The van der Waals surface area contributed by atoms with E-state index in [2.05, 4.69) is 10.6 Å². The summed E-state index contributed by atoms with van der Waals surface area (Å²) in [6, 6.07) is 17.6. The van der Waals surface area contributed by atoms with Crippen molar-refractivity contribution in [3.05, 3.63) is 60.2 Å². The summed E-state index contributed by atoms with van der Waals surface area (Å²) in [5.74, 6) is 1.55. The van der Waals surface area contributed by atoms with Gasteiger partial charge in [0.1, 0.15) is 5.75 Å². The topological polar surface area (TPSA) is 75.3 Å². The molecule has 33 heavy (non-hydrogen) atoms. The Hall–Kier alpha value is -2.34. The lowest BCUT2D eigenvalue weighted by molar-refractivity contribution is -0.113.